The number of hydrogen-bond donors (Lipinski definition) is 6. The Morgan fingerprint density at radius 2 is 1.88 bits per heavy atom. The SMILES string of the molecule is NCC(=O)N1CCCC1C(=O)NC(CC(N)=O)C(=O)NC(Cc1c[nH]c2ccccc12)C(=O)O. The summed E-state index contributed by atoms with van der Waals surface area (Å²) < 4.78 is 0. The Bertz CT molecular complexity index is 1100. The van der Waals surface area contributed by atoms with Crippen molar-refractivity contribution in [2.24, 2.45) is 11.5 Å². The zero-order valence-electron chi connectivity index (χ0n) is 18.5. The summed E-state index contributed by atoms with van der Waals surface area (Å²) in [6.07, 6.45) is 2.07. The number of carboxylic acids is 1. The maximum Gasteiger partial charge on any atom is 0.326 e. The van der Waals surface area contributed by atoms with Crippen molar-refractivity contribution in [2.45, 2.75) is 43.8 Å². The third-order valence-corrected chi connectivity index (χ3v) is 5.80. The van der Waals surface area contributed by atoms with E-state index in [1.807, 2.05) is 24.3 Å². The van der Waals surface area contributed by atoms with Gasteiger partial charge >= 0.3 is 5.97 Å². The topological polar surface area (TPSA) is 201 Å². The highest BCUT2D eigenvalue weighted by Gasteiger charge is 2.36. The van der Waals surface area contributed by atoms with E-state index in [4.69, 9.17) is 11.5 Å². The fraction of sp³-hybridized carbons (Fsp3) is 0.409. The number of likely N-dealkylation sites (tertiary alicyclic amines) is 1. The van der Waals surface area contributed by atoms with Gasteiger partial charge in [0, 0.05) is 30.1 Å². The molecule has 3 unspecified atom stereocenters. The highest BCUT2D eigenvalue weighted by atomic mass is 16.4. The lowest BCUT2D eigenvalue weighted by atomic mass is 10.0. The molecule has 34 heavy (non-hydrogen) atoms. The van der Waals surface area contributed by atoms with Crippen molar-refractivity contribution in [3.05, 3.63) is 36.0 Å². The smallest absolute Gasteiger partial charge is 0.326 e. The number of primary amides is 1. The Morgan fingerprint density at radius 3 is 2.56 bits per heavy atom. The summed E-state index contributed by atoms with van der Waals surface area (Å²) in [6, 6.07) is 3.77. The second kappa shape index (κ2) is 10.8. The number of nitrogens with one attached hydrogen (secondary N) is 3. The Kier molecular flexibility index (Phi) is 7.84. The molecule has 0 spiro atoms. The van der Waals surface area contributed by atoms with Gasteiger partial charge in [-0.05, 0) is 24.5 Å². The number of aromatic nitrogens is 1. The molecule has 182 valence electrons. The van der Waals surface area contributed by atoms with Gasteiger partial charge in [-0.15, -0.1) is 0 Å². The monoisotopic (exact) mass is 472 g/mol. The zero-order valence-corrected chi connectivity index (χ0v) is 18.5. The Morgan fingerprint density at radius 1 is 1.15 bits per heavy atom. The number of hydrogen-bond acceptors (Lipinski definition) is 6. The minimum absolute atomic E-state index is 0.0241. The molecule has 1 aliphatic heterocycles. The molecule has 0 aliphatic carbocycles. The van der Waals surface area contributed by atoms with Crippen molar-refractivity contribution < 1.29 is 29.1 Å². The van der Waals surface area contributed by atoms with E-state index in [0.29, 0.717) is 24.9 Å². The van der Waals surface area contributed by atoms with Gasteiger partial charge < -0.3 is 37.1 Å². The van der Waals surface area contributed by atoms with Crippen LogP contribution >= 0.6 is 0 Å². The summed E-state index contributed by atoms with van der Waals surface area (Å²) in [4.78, 5) is 65.5. The van der Waals surface area contributed by atoms with Crippen molar-refractivity contribution >= 4 is 40.5 Å². The van der Waals surface area contributed by atoms with Crippen LogP contribution in [0.5, 0.6) is 0 Å². The second-order valence-corrected chi connectivity index (χ2v) is 8.14. The summed E-state index contributed by atoms with van der Waals surface area (Å²) in [5.41, 5.74) is 12.1. The summed E-state index contributed by atoms with van der Waals surface area (Å²) >= 11 is 0. The van der Waals surface area contributed by atoms with Crippen LogP contribution in [0.4, 0.5) is 0 Å². The molecular weight excluding hydrogens is 444 g/mol. The number of para-hydroxylation sites is 1. The Labute approximate surface area is 195 Å². The van der Waals surface area contributed by atoms with Gasteiger partial charge in [0.15, 0.2) is 0 Å². The van der Waals surface area contributed by atoms with Gasteiger partial charge in [0.2, 0.25) is 23.6 Å². The Balaban J connectivity index is 1.72. The molecule has 1 saturated heterocycles. The van der Waals surface area contributed by atoms with E-state index in [1.54, 1.807) is 6.20 Å². The Hall–Kier alpha value is -3.93. The highest BCUT2D eigenvalue weighted by Crippen LogP contribution is 2.20. The van der Waals surface area contributed by atoms with E-state index in [9.17, 15) is 29.1 Å². The number of nitrogens with zero attached hydrogens (tertiary/aromatic N) is 1. The fourth-order valence-electron chi connectivity index (χ4n) is 4.13. The number of nitrogens with two attached hydrogens (primary N) is 2. The van der Waals surface area contributed by atoms with Crippen molar-refractivity contribution in [2.75, 3.05) is 13.1 Å². The first-order valence-corrected chi connectivity index (χ1v) is 10.9. The average Bonchev–Trinajstić information content (AvgIpc) is 3.45. The molecule has 0 saturated carbocycles. The molecule has 3 rings (SSSR count). The van der Waals surface area contributed by atoms with Crippen molar-refractivity contribution in [3.8, 4) is 0 Å². The first-order chi connectivity index (χ1) is 16.2. The number of carbonyl (C=O) groups excluding carboxylic acids is 4. The molecule has 1 aromatic heterocycles. The number of carboxylic acid groups (broad SMARTS) is 1. The molecule has 2 heterocycles. The number of carbonyl (C=O) groups is 5. The molecule has 1 aliphatic rings. The average molecular weight is 473 g/mol. The first kappa shape index (κ1) is 24.7. The van der Waals surface area contributed by atoms with Gasteiger partial charge in [0.05, 0.1) is 13.0 Å². The van der Waals surface area contributed by atoms with Crippen molar-refractivity contribution in [3.63, 3.8) is 0 Å². The lowest BCUT2D eigenvalue weighted by Gasteiger charge is -2.26. The lowest BCUT2D eigenvalue weighted by molar-refractivity contribution is -0.143. The molecule has 0 radical (unpaired) electrons. The minimum atomic E-state index is -1.40. The first-order valence-electron chi connectivity index (χ1n) is 10.9. The van der Waals surface area contributed by atoms with Gasteiger partial charge in [0.25, 0.3) is 0 Å². The molecule has 12 nitrogen and oxygen atoms in total. The summed E-state index contributed by atoms with van der Waals surface area (Å²) in [6.45, 7) is 0.0929. The quantitative estimate of drug-likeness (QED) is 0.244. The van der Waals surface area contributed by atoms with Gasteiger partial charge in [-0.2, -0.15) is 0 Å². The number of fused-ring (bicyclic) bond motifs is 1. The maximum absolute atomic E-state index is 12.9. The second-order valence-electron chi connectivity index (χ2n) is 8.14. The van der Waals surface area contributed by atoms with Crippen LogP contribution in [-0.2, 0) is 30.4 Å². The van der Waals surface area contributed by atoms with Crippen LogP contribution in [0.25, 0.3) is 10.9 Å². The van der Waals surface area contributed by atoms with Crippen LogP contribution in [0.3, 0.4) is 0 Å². The van der Waals surface area contributed by atoms with Crippen LogP contribution in [-0.4, -0.2) is 75.8 Å². The van der Waals surface area contributed by atoms with Crippen LogP contribution in [0.2, 0.25) is 0 Å². The number of amides is 4. The van der Waals surface area contributed by atoms with Crippen LogP contribution in [0, 0.1) is 0 Å². The van der Waals surface area contributed by atoms with Crippen LogP contribution < -0.4 is 22.1 Å². The number of aliphatic carboxylic acids is 1. The van der Waals surface area contributed by atoms with Gasteiger partial charge in [0.1, 0.15) is 18.1 Å². The largest absolute Gasteiger partial charge is 0.480 e. The number of aromatic amines is 1. The van der Waals surface area contributed by atoms with Crippen molar-refractivity contribution in [1.29, 1.82) is 0 Å². The van der Waals surface area contributed by atoms with E-state index < -0.39 is 54.1 Å². The standard InChI is InChI=1S/C22H28N6O6/c23-10-19(30)28-7-3-6-17(28)21(32)26-15(9-18(24)29)20(31)27-16(22(33)34)8-12-11-25-14-5-2-1-4-13(12)14/h1-2,4-5,11,15-17,25H,3,6-10,23H2,(H2,24,29)(H,26,32)(H,27,31)(H,33,34). The molecular formula is C22H28N6O6. The summed E-state index contributed by atoms with van der Waals surface area (Å²) in [7, 11) is 0. The molecule has 12 heteroatoms. The van der Waals surface area contributed by atoms with E-state index in [2.05, 4.69) is 15.6 Å². The van der Waals surface area contributed by atoms with Gasteiger partial charge in [-0.25, -0.2) is 4.79 Å². The number of rotatable bonds is 10. The predicted molar refractivity (Wildman–Crippen MR) is 121 cm³/mol. The fourth-order valence-corrected chi connectivity index (χ4v) is 4.13. The third-order valence-electron chi connectivity index (χ3n) is 5.80. The minimum Gasteiger partial charge on any atom is -0.480 e. The normalized spacial score (nSPS) is 17.2. The summed E-state index contributed by atoms with van der Waals surface area (Å²) in [5.74, 6) is -4.04. The molecule has 2 aromatic rings. The van der Waals surface area contributed by atoms with Gasteiger partial charge in [-0.1, -0.05) is 18.2 Å². The number of H-pyrrole nitrogens is 1. The highest BCUT2D eigenvalue weighted by molar-refractivity contribution is 5.96. The molecule has 8 N–H and O–H groups in total. The van der Waals surface area contributed by atoms with E-state index >= 15 is 0 Å². The van der Waals surface area contributed by atoms with Gasteiger partial charge in [-0.3, -0.25) is 19.2 Å². The van der Waals surface area contributed by atoms with Crippen molar-refractivity contribution in [1.82, 2.24) is 20.5 Å². The van der Waals surface area contributed by atoms with E-state index in [-0.39, 0.29) is 13.0 Å². The van der Waals surface area contributed by atoms with E-state index in [0.717, 1.165) is 10.9 Å². The predicted octanol–water partition coefficient (Wildman–Crippen LogP) is -1.41. The zero-order chi connectivity index (χ0) is 24.8. The molecule has 1 aromatic carbocycles. The molecule has 0 bridgehead atoms. The van der Waals surface area contributed by atoms with Crippen LogP contribution in [0.15, 0.2) is 30.5 Å². The molecule has 4 amide bonds. The maximum atomic E-state index is 12.9. The summed E-state index contributed by atoms with van der Waals surface area (Å²) in [5, 5.41) is 15.3. The molecule has 3 atom stereocenters. The van der Waals surface area contributed by atoms with E-state index in [1.165, 1.54) is 4.90 Å². The third kappa shape index (κ3) is 5.70. The number of benzene rings is 1. The lowest BCUT2D eigenvalue weighted by Crippen LogP contribution is -2.56. The molecule has 1 fully saturated rings. The van der Waals surface area contributed by atoms with Crippen LogP contribution in [0.1, 0.15) is 24.8 Å².